The lowest BCUT2D eigenvalue weighted by molar-refractivity contribution is -0.136. The van der Waals surface area contributed by atoms with Gasteiger partial charge in [-0.05, 0) is 31.0 Å². The summed E-state index contributed by atoms with van der Waals surface area (Å²) < 4.78 is 0.970. The van der Waals surface area contributed by atoms with Gasteiger partial charge in [0, 0.05) is 28.6 Å². The van der Waals surface area contributed by atoms with Crippen LogP contribution in [0, 0.1) is 6.92 Å². The van der Waals surface area contributed by atoms with Crippen molar-refractivity contribution in [2.45, 2.75) is 26.2 Å². The van der Waals surface area contributed by atoms with Gasteiger partial charge in [0.15, 0.2) is 0 Å². The lowest BCUT2D eigenvalue weighted by Gasteiger charge is -2.07. The first-order valence-corrected chi connectivity index (χ1v) is 7.30. The Balaban J connectivity index is 2.23. The molecule has 6 heteroatoms. The maximum atomic E-state index is 12.0. The van der Waals surface area contributed by atoms with Crippen LogP contribution < -0.4 is 5.56 Å². The van der Waals surface area contributed by atoms with Crippen molar-refractivity contribution in [1.29, 1.82) is 0 Å². The van der Waals surface area contributed by atoms with Gasteiger partial charge < -0.3 is 10.1 Å². The van der Waals surface area contributed by atoms with Crippen molar-refractivity contribution in [1.82, 2.24) is 9.97 Å². The molecule has 1 aromatic heterocycles. The first-order chi connectivity index (χ1) is 9.95. The second kappa shape index (κ2) is 6.67. The number of carbonyl (C=O) groups is 1. The van der Waals surface area contributed by atoms with Crippen molar-refractivity contribution in [2.24, 2.45) is 0 Å². The number of carboxylic acids is 1. The minimum atomic E-state index is -0.924. The summed E-state index contributed by atoms with van der Waals surface area (Å²) >= 11 is 3.40. The van der Waals surface area contributed by atoms with Crippen molar-refractivity contribution in [3.8, 4) is 0 Å². The van der Waals surface area contributed by atoms with E-state index in [0.29, 0.717) is 23.5 Å². The number of benzene rings is 1. The van der Waals surface area contributed by atoms with Gasteiger partial charge in [-0.25, -0.2) is 4.98 Å². The minimum Gasteiger partial charge on any atom is -0.481 e. The van der Waals surface area contributed by atoms with Crippen LogP contribution in [-0.2, 0) is 17.6 Å². The quantitative estimate of drug-likeness (QED) is 0.867. The van der Waals surface area contributed by atoms with Crippen molar-refractivity contribution >= 4 is 21.9 Å². The number of halogens is 1. The molecule has 0 bridgehead atoms. The molecule has 0 aliphatic rings. The summed E-state index contributed by atoms with van der Waals surface area (Å²) in [6.07, 6.45) is 0.645. The van der Waals surface area contributed by atoms with E-state index in [2.05, 4.69) is 25.9 Å². The second-order valence-electron chi connectivity index (χ2n) is 4.78. The van der Waals surface area contributed by atoms with E-state index in [4.69, 9.17) is 5.11 Å². The molecule has 5 nitrogen and oxygen atoms in total. The number of nitrogens with one attached hydrogen (secondary N) is 1. The molecule has 21 heavy (non-hydrogen) atoms. The number of H-pyrrole nitrogens is 1. The lowest BCUT2D eigenvalue weighted by atomic mass is 10.1. The fourth-order valence-corrected chi connectivity index (χ4v) is 2.57. The Morgan fingerprint density at radius 2 is 2.19 bits per heavy atom. The molecule has 2 aromatic rings. The molecule has 2 rings (SSSR count). The summed E-state index contributed by atoms with van der Waals surface area (Å²) in [5.41, 5.74) is 1.80. The Kier molecular flexibility index (Phi) is 4.90. The molecular formula is C15H15BrN2O3. The summed E-state index contributed by atoms with van der Waals surface area (Å²) in [5.74, 6) is -0.346. The number of hydrogen-bond donors (Lipinski definition) is 2. The van der Waals surface area contributed by atoms with Gasteiger partial charge in [0.1, 0.15) is 5.82 Å². The molecule has 0 atom stereocenters. The third-order valence-electron chi connectivity index (χ3n) is 3.12. The lowest BCUT2D eigenvalue weighted by Crippen LogP contribution is -2.20. The predicted molar refractivity (Wildman–Crippen MR) is 82.5 cm³/mol. The van der Waals surface area contributed by atoms with Crippen molar-refractivity contribution in [2.75, 3.05) is 0 Å². The highest BCUT2D eigenvalue weighted by atomic mass is 79.9. The van der Waals surface area contributed by atoms with Crippen molar-refractivity contribution in [3.05, 3.63) is 61.7 Å². The average Bonchev–Trinajstić information content (AvgIpc) is 2.37. The molecule has 1 aromatic carbocycles. The predicted octanol–water partition coefficient (Wildman–Crippen LogP) is 2.45. The number of aromatic amines is 1. The van der Waals surface area contributed by atoms with E-state index >= 15 is 0 Å². The van der Waals surface area contributed by atoms with Crippen LogP contribution in [0.4, 0.5) is 0 Å². The zero-order chi connectivity index (χ0) is 15.4. The van der Waals surface area contributed by atoms with E-state index in [0.717, 1.165) is 10.0 Å². The Bertz CT molecular complexity index is 725. The number of rotatable bonds is 5. The topological polar surface area (TPSA) is 83.0 Å². The standard InChI is InChI=1S/C15H15BrN2O3/c1-9-12(5-6-14(19)20)15(21)18-13(17-9)8-10-3-2-4-11(16)7-10/h2-4,7H,5-6,8H2,1H3,(H,19,20)(H,17,18,21). The number of aryl methyl sites for hydroxylation is 1. The van der Waals surface area contributed by atoms with Gasteiger partial charge in [0.25, 0.3) is 5.56 Å². The zero-order valence-corrected chi connectivity index (χ0v) is 13.1. The van der Waals surface area contributed by atoms with Crippen LogP contribution in [0.15, 0.2) is 33.5 Å². The Labute approximate surface area is 130 Å². The molecule has 0 aliphatic heterocycles. The summed E-state index contributed by atoms with van der Waals surface area (Å²) in [6.45, 7) is 1.73. The zero-order valence-electron chi connectivity index (χ0n) is 11.5. The third kappa shape index (κ3) is 4.26. The maximum Gasteiger partial charge on any atom is 0.303 e. The summed E-state index contributed by atoms with van der Waals surface area (Å²) in [5, 5.41) is 8.69. The first kappa shape index (κ1) is 15.4. The molecule has 0 saturated heterocycles. The van der Waals surface area contributed by atoms with Gasteiger partial charge in [0.2, 0.25) is 0 Å². The molecular weight excluding hydrogens is 336 g/mol. The highest BCUT2D eigenvalue weighted by Crippen LogP contribution is 2.14. The molecule has 2 N–H and O–H groups in total. The van der Waals surface area contributed by atoms with Crippen molar-refractivity contribution in [3.63, 3.8) is 0 Å². The summed E-state index contributed by atoms with van der Waals surface area (Å²) in [6, 6.07) is 7.78. The number of aromatic nitrogens is 2. The largest absolute Gasteiger partial charge is 0.481 e. The summed E-state index contributed by atoms with van der Waals surface area (Å²) in [7, 11) is 0. The molecule has 0 aliphatic carbocycles. The molecule has 0 unspecified atom stereocenters. The van der Waals surface area contributed by atoms with E-state index in [1.54, 1.807) is 6.92 Å². The fraction of sp³-hybridized carbons (Fsp3) is 0.267. The Morgan fingerprint density at radius 1 is 1.43 bits per heavy atom. The van der Waals surface area contributed by atoms with Crippen LogP contribution in [0.1, 0.15) is 29.1 Å². The first-order valence-electron chi connectivity index (χ1n) is 6.50. The molecule has 0 saturated carbocycles. The van der Waals surface area contributed by atoms with Crippen LogP contribution in [0.2, 0.25) is 0 Å². The van der Waals surface area contributed by atoms with Gasteiger partial charge in [-0.2, -0.15) is 0 Å². The molecule has 0 radical (unpaired) electrons. The van der Waals surface area contributed by atoms with Gasteiger partial charge in [-0.3, -0.25) is 9.59 Å². The monoisotopic (exact) mass is 350 g/mol. The molecule has 0 amide bonds. The van der Waals surface area contributed by atoms with Gasteiger partial charge in [0.05, 0.1) is 0 Å². The normalized spacial score (nSPS) is 10.6. The van der Waals surface area contributed by atoms with Crippen LogP contribution in [-0.4, -0.2) is 21.0 Å². The van der Waals surface area contributed by atoms with Crippen LogP contribution in [0.25, 0.3) is 0 Å². The van der Waals surface area contributed by atoms with Crippen molar-refractivity contribution < 1.29 is 9.90 Å². The third-order valence-corrected chi connectivity index (χ3v) is 3.61. The average molecular weight is 351 g/mol. The molecule has 0 spiro atoms. The Hall–Kier alpha value is -1.95. The van der Waals surface area contributed by atoms with Gasteiger partial charge in [-0.1, -0.05) is 28.1 Å². The Morgan fingerprint density at radius 3 is 2.81 bits per heavy atom. The smallest absolute Gasteiger partial charge is 0.303 e. The second-order valence-corrected chi connectivity index (χ2v) is 5.69. The minimum absolute atomic E-state index is 0.0728. The van der Waals surface area contributed by atoms with Crippen LogP contribution in [0.5, 0.6) is 0 Å². The number of hydrogen-bond acceptors (Lipinski definition) is 3. The molecule has 1 heterocycles. The fourth-order valence-electron chi connectivity index (χ4n) is 2.12. The maximum absolute atomic E-state index is 12.0. The number of nitrogens with zero attached hydrogens (tertiary/aromatic N) is 1. The highest BCUT2D eigenvalue weighted by molar-refractivity contribution is 9.10. The highest BCUT2D eigenvalue weighted by Gasteiger charge is 2.10. The van der Waals surface area contributed by atoms with E-state index in [1.165, 1.54) is 0 Å². The summed E-state index contributed by atoms with van der Waals surface area (Å²) in [4.78, 5) is 29.7. The van der Waals surface area contributed by atoms with E-state index in [9.17, 15) is 9.59 Å². The van der Waals surface area contributed by atoms with Gasteiger partial charge >= 0.3 is 5.97 Å². The molecule has 0 fully saturated rings. The van der Waals surface area contributed by atoms with E-state index in [1.807, 2.05) is 24.3 Å². The SMILES string of the molecule is Cc1nc(Cc2cccc(Br)c2)[nH]c(=O)c1CCC(=O)O. The number of aliphatic carboxylic acids is 1. The number of carboxylic acid groups (broad SMARTS) is 1. The van der Waals surface area contributed by atoms with Crippen LogP contribution in [0.3, 0.4) is 0 Å². The van der Waals surface area contributed by atoms with E-state index < -0.39 is 5.97 Å². The molecule has 110 valence electrons. The van der Waals surface area contributed by atoms with Crippen LogP contribution >= 0.6 is 15.9 Å². The van der Waals surface area contributed by atoms with Gasteiger partial charge in [-0.15, -0.1) is 0 Å². The van der Waals surface area contributed by atoms with E-state index in [-0.39, 0.29) is 18.4 Å².